The van der Waals surface area contributed by atoms with Crippen molar-refractivity contribution in [2.45, 2.75) is 51.9 Å². The van der Waals surface area contributed by atoms with Crippen LogP contribution in [0.1, 0.15) is 56.8 Å². The highest BCUT2D eigenvalue weighted by atomic mass is 79.9. The molecule has 0 saturated heterocycles. The second-order valence-corrected chi connectivity index (χ2v) is 12.5. The average molecular weight is 697 g/mol. The van der Waals surface area contributed by atoms with E-state index in [1.54, 1.807) is 24.3 Å². The van der Waals surface area contributed by atoms with E-state index in [0.29, 0.717) is 18.2 Å². The third-order valence-electron chi connectivity index (χ3n) is 7.17. The van der Waals surface area contributed by atoms with Crippen molar-refractivity contribution >= 4 is 54.6 Å². The third-order valence-corrected chi connectivity index (χ3v) is 8.38. The standard InChI is InChI=1S/C17H16BrNO.C10H12BrN.C7H5ClO/c1-12-9-14-7-8-16(18)10-15(14)11-19(12)17(20)13-5-3-2-4-6-13;1-7-4-8-2-3-10(11)5-9(8)6-12-7;8-7(9)6-4-2-1-3-5-6/h2-8,10,12H,9,11H2,1H3;2-3,5,7,12H,4,6H2,1H3;1-5H. The molecule has 4 aromatic rings. The predicted octanol–water partition coefficient (Wildman–Crippen LogP) is 8.59. The fraction of sp³-hybridized carbons (Fsp3) is 0.235. The monoisotopic (exact) mass is 694 g/mol. The SMILES string of the molecule is CC1Cc2ccc(Br)cc2CN1.CC1Cc2ccc(Br)cc2CN1C(=O)c1ccccc1.O=C(Cl)c1ccccc1. The highest BCUT2D eigenvalue weighted by Crippen LogP contribution is 2.27. The number of nitrogens with zero attached hydrogens (tertiary/aromatic N) is 1. The van der Waals surface area contributed by atoms with Gasteiger partial charge in [-0.1, -0.05) is 92.5 Å². The largest absolute Gasteiger partial charge is 0.331 e. The van der Waals surface area contributed by atoms with E-state index in [1.165, 1.54) is 26.7 Å². The lowest BCUT2D eigenvalue weighted by atomic mass is 9.94. The maximum atomic E-state index is 12.6. The summed E-state index contributed by atoms with van der Waals surface area (Å²) >= 11 is 12.1. The average Bonchev–Trinajstić information content (AvgIpc) is 2.98. The normalized spacial score (nSPS) is 17.0. The molecule has 0 radical (unpaired) electrons. The molecule has 6 rings (SSSR count). The molecule has 2 unspecified atom stereocenters. The lowest BCUT2D eigenvalue weighted by Gasteiger charge is -2.35. The second kappa shape index (κ2) is 14.9. The molecule has 2 heterocycles. The number of halogens is 3. The molecule has 2 aliphatic rings. The molecule has 212 valence electrons. The van der Waals surface area contributed by atoms with Crippen LogP contribution in [0, 0.1) is 0 Å². The first-order valence-electron chi connectivity index (χ1n) is 13.6. The maximum Gasteiger partial charge on any atom is 0.254 e. The van der Waals surface area contributed by atoms with Gasteiger partial charge >= 0.3 is 0 Å². The molecule has 0 saturated carbocycles. The van der Waals surface area contributed by atoms with Gasteiger partial charge in [-0.15, -0.1) is 0 Å². The Bertz CT molecular complexity index is 1480. The van der Waals surface area contributed by atoms with Crippen LogP contribution in [0.25, 0.3) is 0 Å². The lowest BCUT2D eigenvalue weighted by molar-refractivity contribution is 0.0658. The van der Waals surface area contributed by atoms with Crippen molar-refractivity contribution in [1.29, 1.82) is 0 Å². The van der Waals surface area contributed by atoms with Gasteiger partial charge in [0.05, 0.1) is 0 Å². The summed E-state index contributed by atoms with van der Waals surface area (Å²) in [5.74, 6) is 0.115. The van der Waals surface area contributed by atoms with E-state index in [9.17, 15) is 9.59 Å². The fourth-order valence-electron chi connectivity index (χ4n) is 4.94. The summed E-state index contributed by atoms with van der Waals surface area (Å²) in [6.07, 6.45) is 2.07. The number of carbonyl (C=O) groups is 2. The smallest absolute Gasteiger partial charge is 0.254 e. The fourth-order valence-corrected chi connectivity index (χ4v) is 5.88. The summed E-state index contributed by atoms with van der Waals surface area (Å²) in [5.41, 5.74) is 6.81. The van der Waals surface area contributed by atoms with Crippen LogP contribution < -0.4 is 5.32 Å². The van der Waals surface area contributed by atoms with Gasteiger partial charge in [-0.05, 0) is 96.9 Å². The molecule has 2 atom stereocenters. The minimum Gasteiger partial charge on any atom is -0.331 e. The molecule has 4 nitrogen and oxygen atoms in total. The van der Waals surface area contributed by atoms with Gasteiger partial charge in [0.1, 0.15) is 0 Å². The first kappa shape index (κ1) is 31.2. The molecule has 0 fully saturated rings. The lowest BCUT2D eigenvalue weighted by Crippen LogP contribution is -2.42. The van der Waals surface area contributed by atoms with Gasteiger partial charge in [0, 0.05) is 45.2 Å². The number of hydrogen-bond acceptors (Lipinski definition) is 3. The van der Waals surface area contributed by atoms with E-state index >= 15 is 0 Å². The number of fused-ring (bicyclic) bond motifs is 2. The van der Waals surface area contributed by atoms with Gasteiger partial charge in [-0.3, -0.25) is 9.59 Å². The quantitative estimate of drug-likeness (QED) is 0.214. The molecule has 1 N–H and O–H groups in total. The Labute approximate surface area is 264 Å². The Kier molecular flexibility index (Phi) is 11.3. The highest BCUT2D eigenvalue weighted by Gasteiger charge is 2.27. The number of carbonyl (C=O) groups excluding carboxylic acids is 2. The van der Waals surface area contributed by atoms with E-state index in [-0.39, 0.29) is 11.9 Å². The first-order valence-corrected chi connectivity index (χ1v) is 15.6. The summed E-state index contributed by atoms with van der Waals surface area (Å²) < 4.78 is 2.25. The van der Waals surface area contributed by atoms with Gasteiger partial charge in [0.15, 0.2) is 0 Å². The van der Waals surface area contributed by atoms with Crippen LogP contribution in [0.4, 0.5) is 0 Å². The predicted molar refractivity (Wildman–Crippen MR) is 174 cm³/mol. The van der Waals surface area contributed by atoms with Crippen LogP contribution in [-0.2, 0) is 25.9 Å². The molecular formula is C34H33Br2ClN2O2. The number of benzene rings is 4. The van der Waals surface area contributed by atoms with Gasteiger partial charge in [0.2, 0.25) is 0 Å². The Morgan fingerprint density at radius 1 is 0.732 bits per heavy atom. The number of nitrogens with one attached hydrogen (secondary N) is 1. The second-order valence-electron chi connectivity index (χ2n) is 10.3. The summed E-state index contributed by atoms with van der Waals surface area (Å²) in [6, 6.07) is 32.0. The molecule has 0 spiro atoms. The Morgan fingerprint density at radius 2 is 1.27 bits per heavy atom. The van der Waals surface area contributed by atoms with Crippen LogP contribution >= 0.6 is 43.5 Å². The minimum absolute atomic E-state index is 0.115. The van der Waals surface area contributed by atoms with Crippen LogP contribution in [0.3, 0.4) is 0 Å². The van der Waals surface area contributed by atoms with Crippen molar-refractivity contribution in [1.82, 2.24) is 10.2 Å². The molecule has 2 aliphatic heterocycles. The van der Waals surface area contributed by atoms with Crippen molar-refractivity contribution in [3.8, 4) is 0 Å². The Balaban J connectivity index is 0.000000156. The van der Waals surface area contributed by atoms with Crippen molar-refractivity contribution in [2.24, 2.45) is 0 Å². The van der Waals surface area contributed by atoms with E-state index in [0.717, 1.165) is 29.4 Å². The number of amides is 1. The van der Waals surface area contributed by atoms with E-state index in [1.807, 2.05) is 41.3 Å². The minimum atomic E-state index is -0.407. The summed E-state index contributed by atoms with van der Waals surface area (Å²) in [7, 11) is 0. The molecule has 1 amide bonds. The van der Waals surface area contributed by atoms with Crippen molar-refractivity contribution in [2.75, 3.05) is 0 Å². The highest BCUT2D eigenvalue weighted by molar-refractivity contribution is 9.10. The van der Waals surface area contributed by atoms with Gasteiger partial charge < -0.3 is 10.2 Å². The maximum absolute atomic E-state index is 12.6. The molecule has 0 bridgehead atoms. The van der Waals surface area contributed by atoms with Gasteiger partial charge in [-0.25, -0.2) is 0 Å². The molecule has 0 aliphatic carbocycles. The van der Waals surface area contributed by atoms with Gasteiger partial charge in [-0.2, -0.15) is 0 Å². The Hall–Kier alpha value is -2.77. The zero-order chi connectivity index (χ0) is 29.4. The van der Waals surface area contributed by atoms with E-state index in [2.05, 4.69) is 87.4 Å². The van der Waals surface area contributed by atoms with Gasteiger partial charge in [0.25, 0.3) is 11.1 Å². The van der Waals surface area contributed by atoms with Crippen molar-refractivity contribution < 1.29 is 9.59 Å². The summed E-state index contributed by atoms with van der Waals surface area (Å²) in [4.78, 5) is 25.0. The van der Waals surface area contributed by atoms with Crippen LogP contribution in [-0.4, -0.2) is 28.1 Å². The third kappa shape index (κ3) is 8.86. The first-order chi connectivity index (χ1) is 19.7. The summed E-state index contributed by atoms with van der Waals surface area (Å²) in [6.45, 7) is 6.04. The molecule has 4 aromatic carbocycles. The molecular weight excluding hydrogens is 664 g/mol. The van der Waals surface area contributed by atoms with Crippen molar-refractivity contribution in [3.63, 3.8) is 0 Å². The molecule has 0 aromatic heterocycles. The van der Waals surface area contributed by atoms with Crippen molar-refractivity contribution in [3.05, 3.63) is 139 Å². The van der Waals surface area contributed by atoms with E-state index in [4.69, 9.17) is 11.6 Å². The summed E-state index contributed by atoms with van der Waals surface area (Å²) in [5, 5.41) is 3.04. The number of rotatable bonds is 2. The topological polar surface area (TPSA) is 49.4 Å². The van der Waals surface area contributed by atoms with Crippen LogP contribution in [0.5, 0.6) is 0 Å². The van der Waals surface area contributed by atoms with Crippen LogP contribution in [0.15, 0.2) is 106 Å². The molecule has 41 heavy (non-hydrogen) atoms. The molecule has 7 heteroatoms. The van der Waals surface area contributed by atoms with E-state index < -0.39 is 5.24 Å². The zero-order valence-electron chi connectivity index (χ0n) is 23.1. The number of hydrogen-bond donors (Lipinski definition) is 1. The van der Waals surface area contributed by atoms with Crippen LogP contribution in [0.2, 0.25) is 0 Å². The zero-order valence-corrected chi connectivity index (χ0v) is 27.0. The Morgan fingerprint density at radius 3 is 1.83 bits per heavy atom.